The summed E-state index contributed by atoms with van der Waals surface area (Å²) in [4.78, 5) is 14.1. The van der Waals surface area contributed by atoms with Gasteiger partial charge in [0.2, 0.25) is 10.0 Å². The van der Waals surface area contributed by atoms with Crippen molar-refractivity contribution < 1.29 is 17.6 Å². The third-order valence-corrected chi connectivity index (χ3v) is 5.32. The lowest BCUT2D eigenvalue weighted by molar-refractivity contribution is 0.120. The summed E-state index contributed by atoms with van der Waals surface area (Å²) in [6, 6.07) is 3.33. The minimum absolute atomic E-state index is 0.0823. The van der Waals surface area contributed by atoms with E-state index in [0.717, 1.165) is 18.6 Å². The van der Waals surface area contributed by atoms with Crippen LogP contribution >= 0.6 is 0 Å². The Labute approximate surface area is 131 Å². The smallest absolute Gasteiger partial charge is 0.318 e. The molecule has 22 heavy (non-hydrogen) atoms. The van der Waals surface area contributed by atoms with Gasteiger partial charge >= 0.3 is 6.03 Å². The molecule has 1 aliphatic heterocycles. The van der Waals surface area contributed by atoms with Crippen LogP contribution in [-0.4, -0.2) is 45.2 Å². The Morgan fingerprint density at radius 3 is 2.91 bits per heavy atom. The zero-order valence-electron chi connectivity index (χ0n) is 12.9. The molecule has 7 nitrogen and oxygen atoms in total. The zero-order chi connectivity index (χ0) is 16.2. The van der Waals surface area contributed by atoms with Crippen molar-refractivity contribution in [1.82, 2.24) is 14.9 Å². The minimum atomic E-state index is -3.31. The van der Waals surface area contributed by atoms with E-state index < -0.39 is 10.0 Å². The monoisotopic (exact) mass is 329 g/mol. The minimum Gasteiger partial charge on any atom is -0.467 e. The summed E-state index contributed by atoms with van der Waals surface area (Å²) in [6.07, 6.45) is 3.37. The molecule has 2 heterocycles. The lowest BCUT2D eigenvalue weighted by atomic mass is 9.91. The number of carbonyl (C=O) groups excluding carboxylic acids is 1. The molecule has 1 saturated heterocycles. The molecule has 1 aliphatic rings. The van der Waals surface area contributed by atoms with Crippen LogP contribution in [0.15, 0.2) is 22.8 Å². The molecule has 2 amide bonds. The van der Waals surface area contributed by atoms with E-state index >= 15 is 0 Å². The topological polar surface area (TPSA) is 91.7 Å². The molecule has 2 rings (SSSR count). The SMILES string of the molecule is CNS(=O)(=O)CCNC(=O)N1CC[C@@H](C)C[C@@H]1c1ccco1. The number of furan rings is 1. The fourth-order valence-corrected chi connectivity index (χ4v) is 3.21. The summed E-state index contributed by atoms with van der Waals surface area (Å²) in [6.45, 7) is 2.88. The molecule has 2 atom stereocenters. The van der Waals surface area contributed by atoms with Gasteiger partial charge in [0.05, 0.1) is 18.1 Å². The van der Waals surface area contributed by atoms with Crippen molar-refractivity contribution in [3.05, 3.63) is 24.2 Å². The van der Waals surface area contributed by atoms with Crippen LogP contribution in [0.25, 0.3) is 0 Å². The van der Waals surface area contributed by atoms with Gasteiger partial charge in [0.25, 0.3) is 0 Å². The molecule has 0 saturated carbocycles. The summed E-state index contributed by atoms with van der Waals surface area (Å²) in [5.41, 5.74) is 0. The summed E-state index contributed by atoms with van der Waals surface area (Å²) in [7, 11) is -1.96. The first-order valence-electron chi connectivity index (χ1n) is 7.42. The second-order valence-electron chi connectivity index (χ2n) is 5.61. The summed E-state index contributed by atoms with van der Waals surface area (Å²) >= 11 is 0. The van der Waals surface area contributed by atoms with Crippen molar-refractivity contribution in [2.24, 2.45) is 5.92 Å². The highest BCUT2D eigenvalue weighted by Gasteiger charge is 2.32. The molecule has 1 fully saturated rings. The zero-order valence-corrected chi connectivity index (χ0v) is 13.7. The average molecular weight is 329 g/mol. The molecular formula is C14H23N3O4S. The van der Waals surface area contributed by atoms with Crippen LogP contribution < -0.4 is 10.0 Å². The number of nitrogens with zero attached hydrogens (tertiary/aromatic N) is 1. The Kier molecular flexibility index (Phi) is 5.47. The number of likely N-dealkylation sites (tertiary alicyclic amines) is 1. The van der Waals surface area contributed by atoms with E-state index in [1.54, 1.807) is 11.2 Å². The second-order valence-corrected chi connectivity index (χ2v) is 7.66. The number of piperidine rings is 1. The highest BCUT2D eigenvalue weighted by molar-refractivity contribution is 7.89. The van der Waals surface area contributed by atoms with Gasteiger partial charge in [0.1, 0.15) is 5.76 Å². The Morgan fingerprint density at radius 1 is 1.50 bits per heavy atom. The molecule has 0 unspecified atom stereocenters. The van der Waals surface area contributed by atoms with E-state index in [9.17, 15) is 13.2 Å². The highest BCUT2D eigenvalue weighted by atomic mass is 32.2. The van der Waals surface area contributed by atoms with E-state index in [4.69, 9.17) is 4.42 Å². The van der Waals surface area contributed by atoms with Gasteiger partial charge in [-0.2, -0.15) is 0 Å². The Hall–Kier alpha value is -1.54. The summed E-state index contributed by atoms with van der Waals surface area (Å²) in [5, 5.41) is 2.68. The molecule has 8 heteroatoms. The van der Waals surface area contributed by atoms with Crippen LogP contribution in [0.1, 0.15) is 31.6 Å². The number of rotatable bonds is 5. The van der Waals surface area contributed by atoms with E-state index in [1.807, 2.05) is 12.1 Å². The first-order chi connectivity index (χ1) is 10.4. The molecule has 0 spiro atoms. The van der Waals surface area contributed by atoms with Crippen molar-refractivity contribution in [1.29, 1.82) is 0 Å². The fourth-order valence-electron chi connectivity index (χ4n) is 2.63. The normalized spacial score (nSPS) is 22.5. The van der Waals surface area contributed by atoms with Crippen LogP contribution in [0.2, 0.25) is 0 Å². The third-order valence-electron chi connectivity index (χ3n) is 3.96. The number of nitrogens with one attached hydrogen (secondary N) is 2. The molecule has 1 aromatic rings. The van der Waals surface area contributed by atoms with Crippen LogP contribution in [-0.2, 0) is 10.0 Å². The number of hydrogen-bond donors (Lipinski definition) is 2. The van der Waals surface area contributed by atoms with Crippen LogP contribution in [0, 0.1) is 5.92 Å². The molecule has 1 aromatic heterocycles. The maximum Gasteiger partial charge on any atom is 0.318 e. The Balaban J connectivity index is 1.97. The number of urea groups is 1. The van der Waals surface area contributed by atoms with Gasteiger partial charge in [-0.1, -0.05) is 6.92 Å². The third kappa shape index (κ3) is 4.23. The molecule has 0 aromatic carbocycles. The molecule has 0 radical (unpaired) electrons. The average Bonchev–Trinajstić information content (AvgIpc) is 3.01. The quantitative estimate of drug-likeness (QED) is 0.852. The van der Waals surface area contributed by atoms with E-state index in [0.29, 0.717) is 12.5 Å². The first kappa shape index (κ1) is 16.8. The van der Waals surface area contributed by atoms with Gasteiger partial charge in [0, 0.05) is 13.1 Å². The van der Waals surface area contributed by atoms with Crippen molar-refractivity contribution in [2.75, 3.05) is 25.9 Å². The number of hydrogen-bond acceptors (Lipinski definition) is 4. The standard InChI is InChI=1S/C14H23N3O4S/c1-11-5-7-17(12(10-11)13-4-3-8-21-13)14(18)16-6-9-22(19,20)15-2/h3-4,8,11-12,15H,5-7,9-10H2,1-2H3,(H,16,18)/t11-,12-/m1/s1. The summed E-state index contributed by atoms with van der Waals surface area (Å²) < 4.78 is 30.4. The predicted octanol–water partition coefficient (Wildman–Crippen LogP) is 1.31. The van der Waals surface area contributed by atoms with Gasteiger partial charge in [-0.05, 0) is 37.9 Å². The van der Waals surface area contributed by atoms with Crippen molar-refractivity contribution >= 4 is 16.1 Å². The molecule has 2 N–H and O–H groups in total. The van der Waals surface area contributed by atoms with Crippen LogP contribution in [0.5, 0.6) is 0 Å². The van der Waals surface area contributed by atoms with E-state index in [-0.39, 0.29) is 24.4 Å². The molecule has 124 valence electrons. The summed E-state index contributed by atoms with van der Waals surface area (Å²) in [5.74, 6) is 1.15. The molecule has 0 bridgehead atoms. The van der Waals surface area contributed by atoms with Gasteiger partial charge in [0.15, 0.2) is 0 Å². The number of carbonyl (C=O) groups is 1. The molecular weight excluding hydrogens is 306 g/mol. The van der Waals surface area contributed by atoms with Crippen LogP contribution in [0.3, 0.4) is 0 Å². The fraction of sp³-hybridized carbons (Fsp3) is 0.643. The largest absolute Gasteiger partial charge is 0.467 e. The lowest BCUT2D eigenvalue weighted by Gasteiger charge is -2.37. The van der Waals surface area contributed by atoms with Gasteiger partial charge in [-0.25, -0.2) is 17.9 Å². The van der Waals surface area contributed by atoms with Gasteiger partial charge in [-0.3, -0.25) is 0 Å². The second kappa shape index (κ2) is 7.15. The van der Waals surface area contributed by atoms with Crippen molar-refractivity contribution in [2.45, 2.75) is 25.8 Å². The maximum absolute atomic E-state index is 12.3. The Morgan fingerprint density at radius 2 is 2.27 bits per heavy atom. The van der Waals surface area contributed by atoms with Crippen LogP contribution in [0.4, 0.5) is 4.79 Å². The van der Waals surface area contributed by atoms with Crippen molar-refractivity contribution in [3.8, 4) is 0 Å². The van der Waals surface area contributed by atoms with Gasteiger partial charge < -0.3 is 14.6 Å². The lowest BCUT2D eigenvalue weighted by Crippen LogP contribution is -2.47. The number of sulfonamides is 1. The maximum atomic E-state index is 12.3. The highest BCUT2D eigenvalue weighted by Crippen LogP contribution is 2.34. The van der Waals surface area contributed by atoms with E-state index in [2.05, 4.69) is 17.0 Å². The van der Waals surface area contributed by atoms with Crippen molar-refractivity contribution in [3.63, 3.8) is 0 Å². The predicted molar refractivity (Wildman–Crippen MR) is 82.8 cm³/mol. The Bertz CT molecular complexity index is 585. The first-order valence-corrected chi connectivity index (χ1v) is 9.07. The van der Waals surface area contributed by atoms with Gasteiger partial charge in [-0.15, -0.1) is 0 Å². The number of amides is 2. The van der Waals surface area contributed by atoms with E-state index in [1.165, 1.54) is 7.05 Å². The molecule has 0 aliphatic carbocycles.